The zero-order chi connectivity index (χ0) is 14.5. The van der Waals surface area contributed by atoms with E-state index in [1.54, 1.807) is 0 Å². The molecule has 2 aromatic carbocycles. The Balaban J connectivity index is 2.03. The fraction of sp³-hybridized carbons (Fsp3) is 0.235. The lowest BCUT2D eigenvalue weighted by molar-refractivity contribution is 0.456. The molecule has 0 aliphatic carbocycles. The maximum atomic E-state index is 9.97. The summed E-state index contributed by atoms with van der Waals surface area (Å²) < 4.78 is 0. The first-order chi connectivity index (χ1) is 9.61. The number of para-hydroxylation sites is 1. The molecule has 0 fully saturated rings. The summed E-state index contributed by atoms with van der Waals surface area (Å²) in [6, 6.07) is 15.6. The normalized spacial score (nSPS) is 11.8. The summed E-state index contributed by atoms with van der Waals surface area (Å²) in [7, 11) is 0. The Morgan fingerprint density at radius 1 is 1.20 bits per heavy atom. The number of nitrogens with zero attached hydrogens (tertiary/aromatic N) is 1. The van der Waals surface area contributed by atoms with Gasteiger partial charge in [0.2, 0.25) is 0 Å². The predicted molar refractivity (Wildman–Crippen MR) is 79.3 cm³/mol. The Morgan fingerprint density at radius 3 is 2.55 bits per heavy atom. The number of aryl methyl sites for hydroxylation is 1. The van der Waals surface area contributed by atoms with E-state index in [9.17, 15) is 5.11 Å². The quantitative estimate of drug-likeness (QED) is 0.891. The highest BCUT2D eigenvalue weighted by molar-refractivity contribution is 5.39. The van der Waals surface area contributed by atoms with E-state index in [0.29, 0.717) is 17.9 Å². The molecule has 0 bridgehead atoms. The highest BCUT2D eigenvalue weighted by Crippen LogP contribution is 2.22. The second-order valence-corrected chi connectivity index (χ2v) is 4.92. The van der Waals surface area contributed by atoms with Gasteiger partial charge < -0.3 is 10.4 Å². The summed E-state index contributed by atoms with van der Waals surface area (Å²) in [6.45, 7) is 4.56. The number of nitrogens with one attached hydrogen (secondary N) is 1. The molecular formula is C17H18N2O. The molecular weight excluding hydrogens is 248 g/mol. The third-order valence-corrected chi connectivity index (χ3v) is 3.46. The van der Waals surface area contributed by atoms with Crippen molar-refractivity contribution in [2.24, 2.45) is 0 Å². The maximum Gasteiger partial charge on any atom is 0.122 e. The number of aromatic hydroxyl groups is 1. The number of phenolic OH excluding ortho intramolecular Hbond substituents is 1. The standard InChI is InChI=1S/C17H18N2O/c1-12-4-3-5-16(17(12)20)11-19-13(2)15-8-6-14(10-18)7-9-15/h3-9,13,19-20H,11H2,1-2H3. The summed E-state index contributed by atoms with van der Waals surface area (Å²) in [5.74, 6) is 0.354. The summed E-state index contributed by atoms with van der Waals surface area (Å²) >= 11 is 0. The molecule has 0 heterocycles. The van der Waals surface area contributed by atoms with Crippen LogP contribution < -0.4 is 5.32 Å². The lowest BCUT2D eigenvalue weighted by Gasteiger charge is -2.15. The molecule has 2 N–H and O–H groups in total. The van der Waals surface area contributed by atoms with Crippen molar-refractivity contribution in [3.63, 3.8) is 0 Å². The molecule has 0 aromatic heterocycles. The number of nitriles is 1. The fourth-order valence-electron chi connectivity index (χ4n) is 2.09. The fourth-order valence-corrected chi connectivity index (χ4v) is 2.09. The van der Waals surface area contributed by atoms with E-state index >= 15 is 0 Å². The molecule has 3 heteroatoms. The van der Waals surface area contributed by atoms with Gasteiger partial charge in [-0.2, -0.15) is 5.26 Å². The molecule has 0 aliphatic rings. The Bertz CT molecular complexity index is 626. The summed E-state index contributed by atoms with van der Waals surface area (Å²) in [5, 5.41) is 22.1. The van der Waals surface area contributed by atoms with Crippen molar-refractivity contribution in [2.75, 3.05) is 0 Å². The number of rotatable bonds is 4. The minimum Gasteiger partial charge on any atom is -0.507 e. The van der Waals surface area contributed by atoms with Crippen LogP contribution in [0, 0.1) is 18.3 Å². The van der Waals surface area contributed by atoms with E-state index in [-0.39, 0.29) is 6.04 Å². The van der Waals surface area contributed by atoms with Gasteiger partial charge in [-0.15, -0.1) is 0 Å². The highest BCUT2D eigenvalue weighted by Gasteiger charge is 2.08. The largest absolute Gasteiger partial charge is 0.507 e. The molecule has 0 radical (unpaired) electrons. The van der Waals surface area contributed by atoms with Gasteiger partial charge in [0.05, 0.1) is 11.6 Å². The molecule has 102 valence electrons. The van der Waals surface area contributed by atoms with Crippen molar-refractivity contribution in [1.29, 1.82) is 5.26 Å². The second kappa shape index (κ2) is 6.23. The summed E-state index contributed by atoms with van der Waals surface area (Å²) in [6.07, 6.45) is 0. The summed E-state index contributed by atoms with van der Waals surface area (Å²) in [5.41, 5.74) is 3.56. The minimum atomic E-state index is 0.155. The molecule has 2 aromatic rings. The zero-order valence-electron chi connectivity index (χ0n) is 11.7. The first-order valence-corrected chi connectivity index (χ1v) is 6.62. The van der Waals surface area contributed by atoms with Crippen LogP contribution in [0.5, 0.6) is 5.75 Å². The Hall–Kier alpha value is -2.31. The van der Waals surface area contributed by atoms with Gasteiger partial charge in [-0.25, -0.2) is 0 Å². The molecule has 0 spiro atoms. The van der Waals surface area contributed by atoms with Gasteiger partial charge in [-0.05, 0) is 37.1 Å². The Morgan fingerprint density at radius 2 is 1.90 bits per heavy atom. The number of hydrogen-bond donors (Lipinski definition) is 2. The van der Waals surface area contributed by atoms with E-state index in [4.69, 9.17) is 5.26 Å². The van der Waals surface area contributed by atoms with Crippen molar-refractivity contribution in [2.45, 2.75) is 26.4 Å². The molecule has 2 rings (SSSR count). The van der Waals surface area contributed by atoms with Crippen LogP contribution in [-0.2, 0) is 6.54 Å². The van der Waals surface area contributed by atoms with Crippen LogP contribution in [0.3, 0.4) is 0 Å². The van der Waals surface area contributed by atoms with Gasteiger partial charge in [-0.3, -0.25) is 0 Å². The Kier molecular flexibility index (Phi) is 4.39. The molecule has 0 amide bonds. The monoisotopic (exact) mass is 266 g/mol. The molecule has 0 saturated carbocycles. The average Bonchev–Trinajstić information content (AvgIpc) is 2.48. The van der Waals surface area contributed by atoms with Gasteiger partial charge in [0.25, 0.3) is 0 Å². The van der Waals surface area contributed by atoms with Crippen LogP contribution >= 0.6 is 0 Å². The van der Waals surface area contributed by atoms with Crippen LogP contribution in [0.2, 0.25) is 0 Å². The van der Waals surface area contributed by atoms with Crippen LogP contribution in [0.15, 0.2) is 42.5 Å². The van der Waals surface area contributed by atoms with Crippen molar-refractivity contribution in [1.82, 2.24) is 5.32 Å². The van der Waals surface area contributed by atoms with Crippen LogP contribution in [0.25, 0.3) is 0 Å². The molecule has 0 aliphatic heterocycles. The van der Waals surface area contributed by atoms with E-state index in [0.717, 1.165) is 16.7 Å². The molecule has 3 nitrogen and oxygen atoms in total. The van der Waals surface area contributed by atoms with Crippen molar-refractivity contribution in [3.8, 4) is 11.8 Å². The highest BCUT2D eigenvalue weighted by atomic mass is 16.3. The van der Waals surface area contributed by atoms with Gasteiger partial charge >= 0.3 is 0 Å². The third kappa shape index (κ3) is 3.17. The molecule has 20 heavy (non-hydrogen) atoms. The number of hydrogen-bond acceptors (Lipinski definition) is 3. The molecule has 0 saturated heterocycles. The number of benzene rings is 2. The van der Waals surface area contributed by atoms with E-state index in [1.807, 2.05) is 49.4 Å². The Labute approximate surface area is 119 Å². The van der Waals surface area contributed by atoms with Crippen molar-refractivity contribution >= 4 is 0 Å². The van der Waals surface area contributed by atoms with Crippen molar-refractivity contribution in [3.05, 3.63) is 64.7 Å². The van der Waals surface area contributed by atoms with Crippen molar-refractivity contribution < 1.29 is 5.11 Å². The predicted octanol–water partition coefficient (Wildman–Crippen LogP) is 3.42. The maximum absolute atomic E-state index is 9.97. The van der Waals surface area contributed by atoms with Gasteiger partial charge in [0.1, 0.15) is 5.75 Å². The lowest BCUT2D eigenvalue weighted by atomic mass is 10.1. The first-order valence-electron chi connectivity index (χ1n) is 6.62. The topological polar surface area (TPSA) is 56.0 Å². The molecule has 1 atom stereocenters. The minimum absolute atomic E-state index is 0.155. The first kappa shape index (κ1) is 14.1. The third-order valence-electron chi connectivity index (χ3n) is 3.46. The average molecular weight is 266 g/mol. The van der Waals surface area contributed by atoms with E-state index in [1.165, 1.54) is 0 Å². The summed E-state index contributed by atoms with van der Waals surface area (Å²) in [4.78, 5) is 0. The van der Waals surface area contributed by atoms with E-state index < -0.39 is 0 Å². The van der Waals surface area contributed by atoms with Crippen LogP contribution in [0.1, 0.15) is 35.2 Å². The van der Waals surface area contributed by atoms with Gasteiger partial charge in [0, 0.05) is 18.2 Å². The molecule has 1 unspecified atom stereocenters. The SMILES string of the molecule is Cc1cccc(CNC(C)c2ccc(C#N)cc2)c1O. The van der Waals surface area contributed by atoms with Gasteiger partial charge in [0.15, 0.2) is 0 Å². The van der Waals surface area contributed by atoms with Gasteiger partial charge in [-0.1, -0.05) is 30.3 Å². The van der Waals surface area contributed by atoms with Crippen LogP contribution in [-0.4, -0.2) is 5.11 Å². The zero-order valence-corrected chi connectivity index (χ0v) is 11.7. The number of phenols is 1. The smallest absolute Gasteiger partial charge is 0.122 e. The van der Waals surface area contributed by atoms with E-state index in [2.05, 4.69) is 18.3 Å². The second-order valence-electron chi connectivity index (χ2n) is 4.92. The lowest BCUT2D eigenvalue weighted by Crippen LogP contribution is -2.18. The van der Waals surface area contributed by atoms with Crippen LogP contribution in [0.4, 0.5) is 0 Å².